The molecule has 4 nitrogen and oxygen atoms in total. The molecule has 1 heterocycles. The molecular weight excluding hydrogens is 207 g/mol. The van der Waals surface area contributed by atoms with Crippen LogP contribution in [0.15, 0.2) is 0 Å². The van der Waals surface area contributed by atoms with Crippen LogP contribution in [0.2, 0.25) is 0 Å². The second kappa shape index (κ2) is 4.12. The van der Waals surface area contributed by atoms with Gasteiger partial charge in [0.05, 0.1) is 6.26 Å². The number of rotatable bonds is 3. The molecule has 0 radical (unpaired) electrons. The first kappa shape index (κ1) is 11.9. The molecule has 0 aromatic rings. The van der Waals surface area contributed by atoms with E-state index in [1.54, 1.807) is 0 Å². The summed E-state index contributed by atoms with van der Waals surface area (Å²) in [5.41, 5.74) is -1.27. The summed E-state index contributed by atoms with van der Waals surface area (Å²) >= 11 is 0. The van der Waals surface area contributed by atoms with Crippen molar-refractivity contribution < 1.29 is 12.8 Å². The normalized spacial score (nSPS) is 34.4. The second-order valence-corrected chi connectivity index (χ2v) is 5.88. The van der Waals surface area contributed by atoms with Crippen LogP contribution >= 0.6 is 0 Å². The lowest BCUT2D eigenvalue weighted by Gasteiger charge is -2.35. The summed E-state index contributed by atoms with van der Waals surface area (Å²) in [5.74, 6) is -0.286. The van der Waals surface area contributed by atoms with E-state index in [2.05, 4.69) is 10.0 Å². The van der Waals surface area contributed by atoms with E-state index in [9.17, 15) is 12.8 Å². The number of hydrogen-bond acceptors (Lipinski definition) is 3. The van der Waals surface area contributed by atoms with Crippen LogP contribution in [-0.4, -0.2) is 40.0 Å². The Hall–Kier alpha value is -0.200. The SMILES string of the molecule is CC1(F)CCNCC1CNS(C)(=O)=O. The second-order valence-electron chi connectivity index (χ2n) is 4.05. The maximum atomic E-state index is 13.8. The molecule has 1 saturated heterocycles. The first-order valence-corrected chi connectivity index (χ1v) is 6.55. The van der Waals surface area contributed by atoms with Crippen molar-refractivity contribution in [3.05, 3.63) is 0 Å². The number of hydrogen-bond donors (Lipinski definition) is 2. The molecule has 0 aromatic heterocycles. The van der Waals surface area contributed by atoms with Gasteiger partial charge in [-0.1, -0.05) is 0 Å². The third-order valence-electron chi connectivity index (χ3n) is 2.62. The van der Waals surface area contributed by atoms with Crippen LogP contribution in [0, 0.1) is 5.92 Å². The van der Waals surface area contributed by atoms with Gasteiger partial charge < -0.3 is 5.32 Å². The minimum atomic E-state index is -3.22. The molecule has 1 aliphatic heterocycles. The molecule has 1 rings (SSSR count). The summed E-state index contributed by atoms with van der Waals surface area (Å²) < 4.78 is 37.8. The minimum Gasteiger partial charge on any atom is -0.316 e. The highest BCUT2D eigenvalue weighted by Crippen LogP contribution is 2.27. The minimum absolute atomic E-state index is 0.166. The zero-order valence-corrected chi connectivity index (χ0v) is 9.32. The standard InChI is InChI=1S/C8H17FN2O2S/c1-8(9)3-4-10-5-7(8)6-11-14(2,12)13/h7,10-11H,3-6H2,1-2H3. The van der Waals surface area contributed by atoms with E-state index in [1.807, 2.05) is 0 Å². The number of nitrogens with one attached hydrogen (secondary N) is 2. The van der Waals surface area contributed by atoms with Crippen LogP contribution < -0.4 is 10.0 Å². The molecule has 6 heteroatoms. The highest BCUT2D eigenvalue weighted by atomic mass is 32.2. The molecular formula is C8H17FN2O2S. The van der Waals surface area contributed by atoms with Crippen molar-refractivity contribution in [3.63, 3.8) is 0 Å². The quantitative estimate of drug-likeness (QED) is 0.702. The molecule has 0 spiro atoms. The van der Waals surface area contributed by atoms with E-state index in [-0.39, 0.29) is 12.5 Å². The Labute approximate surface area is 84.3 Å². The Morgan fingerprint density at radius 3 is 2.79 bits per heavy atom. The van der Waals surface area contributed by atoms with E-state index in [0.29, 0.717) is 19.5 Å². The maximum absolute atomic E-state index is 13.8. The van der Waals surface area contributed by atoms with Gasteiger partial charge in [0.15, 0.2) is 0 Å². The fourth-order valence-electron chi connectivity index (χ4n) is 1.56. The van der Waals surface area contributed by atoms with Crippen molar-refractivity contribution >= 4 is 10.0 Å². The molecule has 0 aromatic carbocycles. The Balaban J connectivity index is 2.50. The van der Waals surface area contributed by atoms with Crippen LogP contribution in [0.1, 0.15) is 13.3 Å². The number of alkyl halides is 1. The Morgan fingerprint density at radius 2 is 2.29 bits per heavy atom. The van der Waals surface area contributed by atoms with Crippen LogP contribution in [-0.2, 0) is 10.0 Å². The molecule has 2 N–H and O–H groups in total. The van der Waals surface area contributed by atoms with Crippen LogP contribution in [0.3, 0.4) is 0 Å². The lowest BCUT2D eigenvalue weighted by molar-refractivity contribution is 0.0704. The van der Waals surface area contributed by atoms with Gasteiger partial charge in [0.1, 0.15) is 5.67 Å². The topological polar surface area (TPSA) is 58.2 Å². The van der Waals surface area contributed by atoms with Gasteiger partial charge in [0.2, 0.25) is 10.0 Å². The molecule has 0 aliphatic carbocycles. The van der Waals surface area contributed by atoms with Gasteiger partial charge in [-0.25, -0.2) is 17.5 Å². The molecule has 84 valence electrons. The van der Waals surface area contributed by atoms with Crippen molar-refractivity contribution in [1.82, 2.24) is 10.0 Å². The fraction of sp³-hybridized carbons (Fsp3) is 1.00. The lowest BCUT2D eigenvalue weighted by Crippen LogP contribution is -2.50. The van der Waals surface area contributed by atoms with Gasteiger partial charge in [0.25, 0.3) is 0 Å². The van der Waals surface area contributed by atoms with Crippen molar-refractivity contribution in [2.24, 2.45) is 5.92 Å². The lowest BCUT2D eigenvalue weighted by atomic mass is 9.85. The average molecular weight is 224 g/mol. The van der Waals surface area contributed by atoms with Crippen molar-refractivity contribution in [1.29, 1.82) is 0 Å². The van der Waals surface area contributed by atoms with E-state index < -0.39 is 15.7 Å². The highest BCUT2D eigenvalue weighted by Gasteiger charge is 2.36. The zero-order valence-electron chi connectivity index (χ0n) is 8.51. The monoisotopic (exact) mass is 224 g/mol. The van der Waals surface area contributed by atoms with Crippen molar-refractivity contribution in [2.75, 3.05) is 25.9 Å². The van der Waals surface area contributed by atoms with Crippen molar-refractivity contribution in [3.8, 4) is 0 Å². The Kier molecular flexibility index (Phi) is 3.49. The van der Waals surface area contributed by atoms with E-state index in [0.717, 1.165) is 6.26 Å². The summed E-state index contributed by atoms with van der Waals surface area (Å²) in [7, 11) is -3.22. The molecule has 1 fully saturated rings. The zero-order chi connectivity index (χ0) is 10.8. The van der Waals surface area contributed by atoms with Crippen molar-refractivity contribution in [2.45, 2.75) is 19.0 Å². The van der Waals surface area contributed by atoms with Gasteiger partial charge >= 0.3 is 0 Å². The van der Waals surface area contributed by atoms with Crippen LogP contribution in [0.25, 0.3) is 0 Å². The highest BCUT2D eigenvalue weighted by molar-refractivity contribution is 7.88. The predicted octanol–water partition coefficient (Wildman–Crippen LogP) is -0.127. The summed E-state index contributed by atoms with van der Waals surface area (Å²) in [4.78, 5) is 0. The largest absolute Gasteiger partial charge is 0.316 e. The summed E-state index contributed by atoms with van der Waals surface area (Å²) in [6.07, 6.45) is 1.52. The Morgan fingerprint density at radius 1 is 1.64 bits per heavy atom. The first-order valence-electron chi connectivity index (χ1n) is 4.65. The third-order valence-corrected chi connectivity index (χ3v) is 3.32. The molecule has 0 amide bonds. The predicted molar refractivity (Wildman–Crippen MR) is 53.3 cm³/mol. The van der Waals surface area contributed by atoms with Gasteiger partial charge in [-0.05, 0) is 19.9 Å². The summed E-state index contributed by atoms with van der Waals surface area (Å²) in [6, 6.07) is 0. The van der Waals surface area contributed by atoms with Gasteiger partial charge in [-0.15, -0.1) is 0 Å². The van der Waals surface area contributed by atoms with E-state index >= 15 is 0 Å². The molecule has 14 heavy (non-hydrogen) atoms. The fourth-order valence-corrected chi connectivity index (χ4v) is 2.07. The molecule has 0 bridgehead atoms. The van der Waals surface area contributed by atoms with Gasteiger partial charge in [0, 0.05) is 19.0 Å². The van der Waals surface area contributed by atoms with Gasteiger partial charge in [-0.2, -0.15) is 0 Å². The third kappa shape index (κ3) is 3.51. The number of halogens is 1. The van der Waals surface area contributed by atoms with Crippen LogP contribution in [0.4, 0.5) is 4.39 Å². The molecule has 2 unspecified atom stereocenters. The first-order chi connectivity index (χ1) is 6.31. The van der Waals surface area contributed by atoms with Gasteiger partial charge in [-0.3, -0.25) is 0 Å². The Bertz CT molecular complexity index is 290. The molecule has 1 aliphatic rings. The smallest absolute Gasteiger partial charge is 0.208 e. The molecule has 2 atom stereocenters. The number of sulfonamides is 1. The summed E-state index contributed by atoms with van der Waals surface area (Å²) in [6.45, 7) is 2.87. The van der Waals surface area contributed by atoms with E-state index in [4.69, 9.17) is 0 Å². The van der Waals surface area contributed by atoms with Crippen LogP contribution in [0.5, 0.6) is 0 Å². The average Bonchev–Trinajstić information content (AvgIpc) is 2.00. The maximum Gasteiger partial charge on any atom is 0.208 e. The number of piperidine rings is 1. The summed E-state index contributed by atoms with van der Waals surface area (Å²) in [5, 5.41) is 3.05. The van der Waals surface area contributed by atoms with E-state index in [1.165, 1.54) is 6.92 Å². The molecule has 0 saturated carbocycles.